The number of pyridine rings is 2. The maximum absolute atomic E-state index is 10.6. The second-order valence-corrected chi connectivity index (χ2v) is 10.5. The van der Waals surface area contributed by atoms with Gasteiger partial charge in [0.25, 0.3) is 0 Å². The Kier molecular flexibility index (Phi) is 8.35. The van der Waals surface area contributed by atoms with E-state index in [2.05, 4.69) is 43.3 Å². The van der Waals surface area contributed by atoms with Crippen molar-refractivity contribution in [1.82, 2.24) is 24.8 Å². The Morgan fingerprint density at radius 3 is 2.54 bits per heavy atom. The number of rotatable bonds is 5. The molecule has 0 spiro atoms. The topological polar surface area (TPSA) is 83.9 Å². The van der Waals surface area contributed by atoms with Gasteiger partial charge in [-0.15, -0.1) is 22.7 Å². The van der Waals surface area contributed by atoms with Crippen LogP contribution in [0, 0.1) is 13.8 Å². The number of nitrogens with one attached hydrogen (secondary N) is 1. The van der Waals surface area contributed by atoms with Crippen LogP contribution in [-0.2, 0) is 0 Å². The zero-order valence-electron chi connectivity index (χ0n) is 19.7. The Hall–Kier alpha value is -2.98. The van der Waals surface area contributed by atoms with Gasteiger partial charge in [-0.1, -0.05) is 17.7 Å². The molecule has 0 aromatic carbocycles. The van der Waals surface area contributed by atoms with Crippen molar-refractivity contribution in [2.24, 2.45) is 0 Å². The molecular formula is C25H25ClN6OS2. The first-order chi connectivity index (χ1) is 16.9. The molecule has 4 aromatic heterocycles. The third-order valence-corrected chi connectivity index (χ3v) is 7.34. The van der Waals surface area contributed by atoms with Gasteiger partial charge in [0.1, 0.15) is 5.82 Å². The fourth-order valence-electron chi connectivity index (χ4n) is 3.43. The number of anilines is 2. The highest BCUT2D eigenvalue weighted by molar-refractivity contribution is 7.16. The Morgan fingerprint density at radius 1 is 1.09 bits per heavy atom. The highest BCUT2D eigenvalue weighted by Gasteiger charge is 2.12. The van der Waals surface area contributed by atoms with Crippen molar-refractivity contribution < 1.29 is 4.79 Å². The molecule has 0 radical (unpaired) electrons. The average Bonchev–Trinajstić information content (AvgIpc) is 3.46. The number of halogens is 1. The Balaban J connectivity index is 0.000000179. The predicted molar refractivity (Wildman–Crippen MR) is 145 cm³/mol. The number of thiazole rings is 2. The van der Waals surface area contributed by atoms with E-state index in [0.29, 0.717) is 16.4 Å². The molecule has 0 atom stereocenters. The molecule has 1 N–H and O–H groups in total. The lowest BCUT2D eigenvalue weighted by molar-refractivity contribution is 0.112. The molecule has 5 heterocycles. The summed E-state index contributed by atoms with van der Waals surface area (Å²) in [5.41, 5.74) is 4.87. The lowest BCUT2D eigenvalue weighted by Gasteiger charge is -2.21. The maximum Gasteiger partial charge on any atom is 0.188 e. The number of carbonyl (C=O) groups excluding carboxylic acids is 1. The maximum atomic E-state index is 10.6. The van der Waals surface area contributed by atoms with E-state index in [1.807, 2.05) is 31.4 Å². The summed E-state index contributed by atoms with van der Waals surface area (Å²) >= 11 is 8.94. The zero-order chi connectivity index (χ0) is 24.8. The van der Waals surface area contributed by atoms with Crippen molar-refractivity contribution in [3.8, 4) is 10.6 Å². The van der Waals surface area contributed by atoms with Gasteiger partial charge in [0.05, 0.1) is 32.0 Å². The Bertz CT molecular complexity index is 1310. The number of aryl methyl sites for hydroxylation is 2. The monoisotopic (exact) mass is 524 g/mol. The van der Waals surface area contributed by atoms with Gasteiger partial charge in [-0.25, -0.2) is 15.0 Å². The number of aromatic nitrogens is 4. The van der Waals surface area contributed by atoms with E-state index in [9.17, 15) is 4.79 Å². The van der Waals surface area contributed by atoms with Crippen LogP contribution in [-0.4, -0.2) is 51.3 Å². The second-order valence-electron chi connectivity index (χ2n) is 8.01. The van der Waals surface area contributed by atoms with Crippen molar-refractivity contribution >= 4 is 57.1 Å². The first kappa shape index (κ1) is 25.1. The molecule has 0 fully saturated rings. The number of likely N-dealkylation sites (N-methyl/N-ethyl adjacent to an activating group) is 1. The van der Waals surface area contributed by atoms with Crippen LogP contribution in [0.25, 0.3) is 16.1 Å². The van der Waals surface area contributed by atoms with E-state index >= 15 is 0 Å². The van der Waals surface area contributed by atoms with Crippen LogP contribution in [0.15, 0.2) is 48.1 Å². The summed E-state index contributed by atoms with van der Waals surface area (Å²) in [7, 11) is 2.13. The molecule has 5 rings (SSSR count). The Morgan fingerprint density at radius 2 is 1.94 bits per heavy atom. The van der Waals surface area contributed by atoms with E-state index < -0.39 is 0 Å². The highest BCUT2D eigenvalue weighted by Crippen LogP contribution is 2.32. The van der Waals surface area contributed by atoms with Gasteiger partial charge in [0.2, 0.25) is 0 Å². The second kappa shape index (κ2) is 11.6. The molecular weight excluding hydrogens is 500 g/mol. The summed E-state index contributed by atoms with van der Waals surface area (Å²) in [6.07, 6.45) is 7.31. The number of hydrogen-bond donors (Lipinski definition) is 1. The third-order valence-electron chi connectivity index (χ3n) is 5.27. The molecule has 10 heteroatoms. The minimum absolute atomic E-state index is 0.552. The summed E-state index contributed by atoms with van der Waals surface area (Å²) in [6.45, 7) is 6.10. The zero-order valence-corrected chi connectivity index (χ0v) is 22.0. The first-order valence-electron chi connectivity index (χ1n) is 11.0. The van der Waals surface area contributed by atoms with E-state index in [4.69, 9.17) is 11.6 Å². The van der Waals surface area contributed by atoms with Crippen LogP contribution >= 0.6 is 34.3 Å². The van der Waals surface area contributed by atoms with Crippen LogP contribution < -0.4 is 5.32 Å². The quantitative estimate of drug-likeness (QED) is 0.307. The molecule has 4 aromatic rings. The average molecular weight is 525 g/mol. The molecule has 35 heavy (non-hydrogen) atoms. The number of nitrogens with zero attached hydrogens (tertiary/aromatic N) is 5. The molecule has 0 unspecified atom stereocenters. The summed E-state index contributed by atoms with van der Waals surface area (Å²) in [5.74, 6) is 0.665. The molecule has 0 saturated heterocycles. The van der Waals surface area contributed by atoms with Crippen LogP contribution in [0.5, 0.6) is 0 Å². The van der Waals surface area contributed by atoms with Gasteiger partial charge < -0.3 is 10.2 Å². The molecule has 0 bridgehead atoms. The molecule has 0 saturated carbocycles. The minimum Gasteiger partial charge on any atom is -0.316 e. The normalized spacial score (nSPS) is 13.5. The van der Waals surface area contributed by atoms with Gasteiger partial charge in [-0.05, 0) is 57.2 Å². The summed E-state index contributed by atoms with van der Waals surface area (Å²) in [5, 5.41) is 7.64. The van der Waals surface area contributed by atoms with Crippen molar-refractivity contribution in [3.05, 3.63) is 75.1 Å². The number of carbonyl (C=O) groups is 1. The summed E-state index contributed by atoms with van der Waals surface area (Å²) in [6, 6.07) is 7.35. The molecule has 1 aliphatic rings. The van der Waals surface area contributed by atoms with Gasteiger partial charge in [-0.2, -0.15) is 0 Å². The van der Waals surface area contributed by atoms with E-state index in [0.717, 1.165) is 57.9 Å². The minimum atomic E-state index is 0.552. The van der Waals surface area contributed by atoms with Crippen molar-refractivity contribution in [3.63, 3.8) is 0 Å². The number of hydrogen-bond acceptors (Lipinski definition) is 9. The van der Waals surface area contributed by atoms with Crippen LogP contribution in [0.2, 0.25) is 5.02 Å². The van der Waals surface area contributed by atoms with Crippen LogP contribution in [0.4, 0.5) is 10.9 Å². The Labute approximate surface area is 217 Å². The van der Waals surface area contributed by atoms with E-state index in [1.165, 1.54) is 23.1 Å². The number of aldehydes is 1. The van der Waals surface area contributed by atoms with Gasteiger partial charge in [0, 0.05) is 36.4 Å². The van der Waals surface area contributed by atoms with Crippen molar-refractivity contribution in [2.45, 2.75) is 20.3 Å². The van der Waals surface area contributed by atoms with Crippen molar-refractivity contribution in [2.75, 3.05) is 25.5 Å². The van der Waals surface area contributed by atoms with E-state index in [1.54, 1.807) is 29.7 Å². The van der Waals surface area contributed by atoms with Crippen molar-refractivity contribution in [1.29, 1.82) is 0 Å². The summed E-state index contributed by atoms with van der Waals surface area (Å²) in [4.78, 5) is 31.4. The largest absolute Gasteiger partial charge is 0.316 e. The third kappa shape index (κ3) is 6.79. The first-order valence-corrected chi connectivity index (χ1v) is 13.1. The van der Waals surface area contributed by atoms with Gasteiger partial charge in [-0.3, -0.25) is 9.78 Å². The predicted octanol–water partition coefficient (Wildman–Crippen LogP) is 6.29. The molecule has 7 nitrogen and oxygen atoms in total. The van der Waals surface area contributed by atoms with Gasteiger partial charge >= 0.3 is 0 Å². The lowest BCUT2D eigenvalue weighted by atomic mass is 10.0. The smallest absolute Gasteiger partial charge is 0.188 e. The molecule has 0 amide bonds. The molecule has 180 valence electrons. The summed E-state index contributed by atoms with van der Waals surface area (Å²) < 4.78 is 0. The van der Waals surface area contributed by atoms with Crippen LogP contribution in [0.1, 0.15) is 33.2 Å². The molecule has 0 aliphatic carbocycles. The van der Waals surface area contributed by atoms with Crippen LogP contribution in [0.3, 0.4) is 0 Å². The van der Waals surface area contributed by atoms with E-state index in [-0.39, 0.29) is 0 Å². The lowest BCUT2D eigenvalue weighted by Crippen LogP contribution is -2.23. The fourth-order valence-corrected chi connectivity index (χ4v) is 5.21. The molecule has 1 aliphatic heterocycles. The van der Waals surface area contributed by atoms with Gasteiger partial charge in [0.15, 0.2) is 11.4 Å². The standard InChI is InChI=1S/C14H12N4OS2.C11H13ClN2/c1-8-13(21-9(2)16-8)11-7-20-14(17-11)18-12-4-3-10(6-19)5-15-12;1-14-6-4-9(5-7-14)11-3-2-10(12)8-13-11/h3-7H,1-2H3,(H,15,17,18);2-4,8H,5-7H2,1H3. The SMILES string of the molecule is CN1CC=C(c2ccc(Cl)cn2)CC1.Cc1nc(C)c(-c2csc(Nc3ccc(C=O)cn3)n2)s1. The highest BCUT2D eigenvalue weighted by atomic mass is 35.5. The fraction of sp³-hybridized carbons (Fsp3) is 0.240.